The number of alkyl halides is 1. The summed E-state index contributed by atoms with van der Waals surface area (Å²) in [6.07, 6.45) is 1.75. The van der Waals surface area contributed by atoms with Gasteiger partial charge in [-0.25, -0.2) is 12.8 Å². The molecule has 0 radical (unpaired) electrons. The molecule has 0 aromatic heterocycles. The second kappa shape index (κ2) is 3.51. The minimum atomic E-state index is -3.32. The summed E-state index contributed by atoms with van der Waals surface area (Å²) in [7, 11) is -3.32. The highest BCUT2D eigenvalue weighted by Crippen LogP contribution is 2.25. The van der Waals surface area contributed by atoms with Crippen LogP contribution in [0, 0.1) is 0 Å². The zero-order valence-electron chi connectivity index (χ0n) is 7.53. The predicted molar refractivity (Wildman–Crippen MR) is 46.6 cm³/mol. The minimum Gasteiger partial charge on any atom is -0.393 e. The second-order valence-electron chi connectivity index (χ2n) is 3.51. The Labute approximate surface area is 77.4 Å². The van der Waals surface area contributed by atoms with Crippen LogP contribution in [0.4, 0.5) is 4.39 Å². The van der Waals surface area contributed by atoms with E-state index < -0.39 is 22.3 Å². The highest BCUT2D eigenvalue weighted by Gasteiger charge is 2.37. The van der Waals surface area contributed by atoms with Crippen LogP contribution >= 0.6 is 0 Å². The van der Waals surface area contributed by atoms with Gasteiger partial charge in [0.1, 0.15) is 5.67 Å². The Hall–Kier alpha value is -0.200. The molecular formula is C7H14FNO3S. The first-order chi connectivity index (χ1) is 5.87. The van der Waals surface area contributed by atoms with Crippen molar-refractivity contribution in [2.24, 2.45) is 0 Å². The lowest BCUT2D eigenvalue weighted by atomic mass is 9.97. The fourth-order valence-corrected chi connectivity index (χ4v) is 2.39. The van der Waals surface area contributed by atoms with Crippen molar-refractivity contribution < 1.29 is 17.9 Å². The van der Waals surface area contributed by atoms with E-state index in [1.54, 1.807) is 0 Å². The highest BCUT2D eigenvalue weighted by atomic mass is 32.2. The number of aliphatic hydroxyl groups is 1. The topological polar surface area (TPSA) is 57.6 Å². The molecule has 1 heterocycles. The van der Waals surface area contributed by atoms with Gasteiger partial charge >= 0.3 is 0 Å². The minimum absolute atomic E-state index is 0.220. The van der Waals surface area contributed by atoms with Crippen LogP contribution in [0.25, 0.3) is 0 Å². The molecule has 13 heavy (non-hydrogen) atoms. The number of sulfonamides is 1. The number of nitrogens with zero attached hydrogens (tertiary/aromatic N) is 1. The van der Waals surface area contributed by atoms with Gasteiger partial charge in [-0.2, -0.15) is 4.31 Å². The van der Waals surface area contributed by atoms with Crippen LogP contribution in [-0.4, -0.2) is 49.5 Å². The molecule has 0 spiro atoms. The summed E-state index contributed by atoms with van der Waals surface area (Å²) in [5.74, 6) is 0. The van der Waals surface area contributed by atoms with Crippen LogP contribution in [0.3, 0.4) is 0 Å². The van der Waals surface area contributed by atoms with Crippen LogP contribution in [0.15, 0.2) is 0 Å². The zero-order valence-corrected chi connectivity index (χ0v) is 8.35. The van der Waals surface area contributed by atoms with E-state index in [0.29, 0.717) is 13.0 Å². The predicted octanol–water partition coefficient (Wildman–Crippen LogP) is -0.258. The first kappa shape index (κ1) is 10.9. The van der Waals surface area contributed by atoms with Crippen LogP contribution in [-0.2, 0) is 10.0 Å². The molecule has 0 bridgehead atoms. The molecule has 4 nitrogen and oxygen atoms in total. The van der Waals surface area contributed by atoms with Crippen LogP contribution < -0.4 is 0 Å². The van der Waals surface area contributed by atoms with Gasteiger partial charge < -0.3 is 5.11 Å². The zero-order chi connectivity index (χ0) is 10.1. The van der Waals surface area contributed by atoms with Gasteiger partial charge in [-0.1, -0.05) is 0 Å². The normalized spacial score (nSPS) is 31.9. The Kier molecular flexibility index (Phi) is 2.94. The molecule has 1 atom stereocenters. The Morgan fingerprint density at radius 3 is 2.69 bits per heavy atom. The molecule has 1 unspecified atom stereocenters. The number of aliphatic hydroxyl groups excluding tert-OH is 1. The van der Waals surface area contributed by atoms with Gasteiger partial charge in [-0.15, -0.1) is 0 Å². The van der Waals surface area contributed by atoms with Crippen molar-refractivity contribution in [3.05, 3.63) is 0 Å². The SMILES string of the molecule is CS(=O)(=O)N1CCCC(F)(CO)C1. The van der Waals surface area contributed by atoms with Crippen LogP contribution in [0.2, 0.25) is 0 Å². The van der Waals surface area contributed by atoms with E-state index >= 15 is 0 Å². The van der Waals surface area contributed by atoms with Gasteiger partial charge in [0.05, 0.1) is 19.4 Å². The number of halogens is 1. The van der Waals surface area contributed by atoms with Gasteiger partial charge in [0.15, 0.2) is 0 Å². The van der Waals surface area contributed by atoms with E-state index in [1.165, 1.54) is 0 Å². The number of rotatable bonds is 2. The van der Waals surface area contributed by atoms with E-state index in [2.05, 4.69) is 0 Å². The molecule has 1 fully saturated rings. The van der Waals surface area contributed by atoms with Gasteiger partial charge in [-0.3, -0.25) is 0 Å². The molecule has 1 saturated heterocycles. The van der Waals surface area contributed by atoms with Gasteiger partial charge in [0.25, 0.3) is 0 Å². The molecule has 0 aromatic carbocycles. The van der Waals surface area contributed by atoms with Crippen molar-refractivity contribution in [1.29, 1.82) is 0 Å². The molecule has 0 aliphatic carbocycles. The smallest absolute Gasteiger partial charge is 0.211 e. The summed E-state index contributed by atoms with van der Waals surface area (Å²) in [6.45, 7) is -0.480. The average molecular weight is 211 g/mol. The second-order valence-corrected chi connectivity index (χ2v) is 5.49. The molecule has 0 saturated carbocycles. The monoisotopic (exact) mass is 211 g/mol. The summed E-state index contributed by atoms with van der Waals surface area (Å²) in [6, 6.07) is 0. The summed E-state index contributed by atoms with van der Waals surface area (Å²) in [5, 5.41) is 8.74. The fraction of sp³-hybridized carbons (Fsp3) is 1.00. The number of piperidine rings is 1. The third-order valence-corrected chi connectivity index (χ3v) is 3.49. The Bertz CT molecular complexity index is 279. The summed E-state index contributed by atoms with van der Waals surface area (Å²) in [5.41, 5.74) is -1.75. The number of hydrogen-bond donors (Lipinski definition) is 1. The fourth-order valence-electron chi connectivity index (χ4n) is 1.46. The van der Waals surface area contributed by atoms with E-state index in [9.17, 15) is 12.8 Å². The van der Waals surface area contributed by atoms with Gasteiger partial charge in [0.2, 0.25) is 10.0 Å². The van der Waals surface area contributed by atoms with Crippen molar-refractivity contribution in [2.45, 2.75) is 18.5 Å². The Morgan fingerprint density at radius 1 is 1.62 bits per heavy atom. The molecule has 1 aliphatic heterocycles. The van der Waals surface area contributed by atoms with Crippen molar-refractivity contribution >= 4 is 10.0 Å². The maximum Gasteiger partial charge on any atom is 0.211 e. The van der Waals surface area contributed by atoms with E-state index in [1.807, 2.05) is 0 Å². The quantitative estimate of drug-likeness (QED) is 0.684. The Morgan fingerprint density at radius 2 is 2.23 bits per heavy atom. The summed E-state index contributed by atoms with van der Waals surface area (Å²) in [4.78, 5) is 0. The van der Waals surface area contributed by atoms with E-state index in [0.717, 1.165) is 10.6 Å². The summed E-state index contributed by atoms with van der Waals surface area (Å²) < 4.78 is 36.7. The Balaban J connectivity index is 2.73. The molecule has 0 amide bonds. The maximum atomic E-state index is 13.5. The van der Waals surface area contributed by atoms with Crippen molar-refractivity contribution in [2.75, 3.05) is 26.0 Å². The first-order valence-electron chi connectivity index (χ1n) is 4.12. The molecule has 6 heteroatoms. The van der Waals surface area contributed by atoms with E-state index in [-0.39, 0.29) is 13.0 Å². The van der Waals surface area contributed by atoms with Crippen LogP contribution in [0.5, 0.6) is 0 Å². The number of hydrogen-bond acceptors (Lipinski definition) is 3. The molecule has 1 rings (SSSR count). The standard InChI is InChI=1S/C7H14FNO3S/c1-13(11,12)9-4-2-3-7(8,5-9)6-10/h10H,2-6H2,1H3. The first-order valence-corrected chi connectivity index (χ1v) is 5.97. The molecular weight excluding hydrogens is 197 g/mol. The summed E-state index contributed by atoms with van der Waals surface area (Å²) >= 11 is 0. The maximum absolute atomic E-state index is 13.5. The van der Waals surface area contributed by atoms with Crippen molar-refractivity contribution in [3.8, 4) is 0 Å². The highest BCUT2D eigenvalue weighted by molar-refractivity contribution is 7.88. The lowest BCUT2D eigenvalue weighted by molar-refractivity contribution is 0.0238. The van der Waals surface area contributed by atoms with Crippen molar-refractivity contribution in [1.82, 2.24) is 4.31 Å². The molecule has 1 aliphatic rings. The average Bonchev–Trinajstić information content (AvgIpc) is 2.03. The lowest BCUT2D eigenvalue weighted by Crippen LogP contribution is -2.49. The van der Waals surface area contributed by atoms with Gasteiger partial charge in [0, 0.05) is 6.54 Å². The molecule has 78 valence electrons. The molecule has 1 N–H and O–H groups in total. The van der Waals surface area contributed by atoms with Crippen LogP contribution in [0.1, 0.15) is 12.8 Å². The van der Waals surface area contributed by atoms with Gasteiger partial charge in [-0.05, 0) is 12.8 Å². The third-order valence-electron chi connectivity index (χ3n) is 2.24. The van der Waals surface area contributed by atoms with Crippen molar-refractivity contribution in [3.63, 3.8) is 0 Å². The largest absolute Gasteiger partial charge is 0.393 e. The third kappa shape index (κ3) is 2.62. The van der Waals surface area contributed by atoms with E-state index in [4.69, 9.17) is 5.11 Å². The lowest BCUT2D eigenvalue weighted by Gasteiger charge is -2.34. The molecule has 0 aromatic rings.